The fourth-order valence-electron chi connectivity index (χ4n) is 0.996. The molecule has 0 aromatic heterocycles. The SMILES string of the molecule is CCCN(C=O)CC(=O)OC(C)(C)C. The van der Waals surface area contributed by atoms with E-state index >= 15 is 0 Å². The molecule has 0 fully saturated rings. The Labute approximate surface area is 85.2 Å². The van der Waals surface area contributed by atoms with Crippen LogP contribution in [0.5, 0.6) is 0 Å². The Bertz CT molecular complexity index is 196. The van der Waals surface area contributed by atoms with E-state index in [2.05, 4.69) is 0 Å². The predicted molar refractivity (Wildman–Crippen MR) is 53.8 cm³/mol. The molecule has 0 aliphatic rings. The molecule has 4 heteroatoms. The molecule has 0 bridgehead atoms. The van der Waals surface area contributed by atoms with Crippen LogP contribution < -0.4 is 0 Å². The van der Waals surface area contributed by atoms with E-state index in [9.17, 15) is 9.59 Å². The molecular formula is C10H19NO3. The van der Waals surface area contributed by atoms with Crippen molar-refractivity contribution in [3.05, 3.63) is 0 Å². The van der Waals surface area contributed by atoms with E-state index in [0.717, 1.165) is 6.42 Å². The fraction of sp³-hybridized carbons (Fsp3) is 0.800. The van der Waals surface area contributed by atoms with Crippen LogP contribution in [0.1, 0.15) is 34.1 Å². The van der Waals surface area contributed by atoms with E-state index in [1.165, 1.54) is 4.90 Å². The number of rotatable bonds is 5. The zero-order valence-electron chi connectivity index (χ0n) is 9.37. The molecule has 0 aliphatic heterocycles. The molecule has 0 unspecified atom stereocenters. The molecule has 82 valence electrons. The van der Waals surface area contributed by atoms with Crippen LogP contribution >= 0.6 is 0 Å². The van der Waals surface area contributed by atoms with Crippen molar-refractivity contribution in [2.75, 3.05) is 13.1 Å². The van der Waals surface area contributed by atoms with E-state index in [0.29, 0.717) is 13.0 Å². The number of carbonyl (C=O) groups excluding carboxylic acids is 2. The van der Waals surface area contributed by atoms with Crippen molar-refractivity contribution >= 4 is 12.4 Å². The van der Waals surface area contributed by atoms with E-state index < -0.39 is 5.60 Å². The summed E-state index contributed by atoms with van der Waals surface area (Å²) in [5.74, 6) is -0.363. The molecule has 0 radical (unpaired) electrons. The van der Waals surface area contributed by atoms with E-state index in [1.54, 1.807) is 20.8 Å². The lowest BCUT2D eigenvalue weighted by Crippen LogP contribution is -2.34. The van der Waals surface area contributed by atoms with Gasteiger partial charge in [0, 0.05) is 6.54 Å². The number of carbonyl (C=O) groups is 2. The van der Waals surface area contributed by atoms with Gasteiger partial charge in [-0.25, -0.2) is 0 Å². The maximum absolute atomic E-state index is 11.3. The maximum atomic E-state index is 11.3. The van der Waals surface area contributed by atoms with Crippen molar-refractivity contribution in [1.82, 2.24) is 4.90 Å². The first kappa shape index (κ1) is 12.9. The summed E-state index contributed by atoms with van der Waals surface area (Å²) in [6, 6.07) is 0. The number of esters is 1. The van der Waals surface area contributed by atoms with Gasteiger partial charge in [-0.1, -0.05) is 6.92 Å². The molecular weight excluding hydrogens is 182 g/mol. The first-order valence-corrected chi connectivity index (χ1v) is 4.80. The highest BCUT2D eigenvalue weighted by Gasteiger charge is 2.17. The van der Waals surface area contributed by atoms with Crippen LogP contribution in [0, 0.1) is 0 Å². The molecule has 0 rings (SSSR count). The lowest BCUT2D eigenvalue weighted by atomic mass is 10.2. The minimum absolute atomic E-state index is 0.0363. The molecule has 0 atom stereocenters. The second kappa shape index (κ2) is 5.62. The predicted octanol–water partition coefficient (Wildman–Crippen LogP) is 1.20. The summed E-state index contributed by atoms with van der Waals surface area (Å²) in [6.45, 7) is 7.98. The van der Waals surface area contributed by atoms with Crippen molar-refractivity contribution in [1.29, 1.82) is 0 Å². The van der Waals surface area contributed by atoms with Crippen molar-refractivity contribution in [2.24, 2.45) is 0 Å². The third-order valence-corrected chi connectivity index (χ3v) is 1.41. The van der Waals surface area contributed by atoms with Crippen molar-refractivity contribution in [3.63, 3.8) is 0 Å². The van der Waals surface area contributed by atoms with Crippen LogP contribution in [0.2, 0.25) is 0 Å². The fourth-order valence-corrected chi connectivity index (χ4v) is 0.996. The van der Waals surface area contributed by atoms with Crippen LogP contribution in [-0.4, -0.2) is 36.0 Å². The molecule has 0 aromatic rings. The number of nitrogens with zero attached hydrogens (tertiary/aromatic N) is 1. The quantitative estimate of drug-likeness (QED) is 0.496. The minimum atomic E-state index is -0.488. The summed E-state index contributed by atoms with van der Waals surface area (Å²) in [5, 5.41) is 0. The van der Waals surface area contributed by atoms with Crippen molar-refractivity contribution < 1.29 is 14.3 Å². The number of hydrogen-bond donors (Lipinski definition) is 0. The van der Waals surface area contributed by atoms with Gasteiger partial charge in [-0.3, -0.25) is 9.59 Å². The van der Waals surface area contributed by atoms with Gasteiger partial charge in [0.2, 0.25) is 6.41 Å². The Hall–Kier alpha value is -1.06. The van der Waals surface area contributed by atoms with Gasteiger partial charge in [-0.15, -0.1) is 0 Å². The van der Waals surface area contributed by atoms with Crippen LogP contribution in [-0.2, 0) is 14.3 Å². The van der Waals surface area contributed by atoms with Crippen LogP contribution in [0.15, 0.2) is 0 Å². The highest BCUT2D eigenvalue weighted by molar-refractivity contribution is 5.74. The monoisotopic (exact) mass is 201 g/mol. The van der Waals surface area contributed by atoms with Gasteiger partial charge in [0.15, 0.2) is 0 Å². The molecule has 1 amide bonds. The lowest BCUT2D eigenvalue weighted by molar-refractivity contribution is -0.157. The van der Waals surface area contributed by atoms with Gasteiger partial charge in [0.05, 0.1) is 0 Å². The standard InChI is InChI=1S/C10H19NO3/c1-5-6-11(8-12)7-9(13)14-10(2,3)4/h8H,5-7H2,1-4H3. The number of amides is 1. The maximum Gasteiger partial charge on any atom is 0.326 e. The molecule has 0 aliphatic carbocycles. The van der Waals surface area contributed by atoms with E-state index in [4.69, 9.17) is 4.74 Å². The van der Waals surface area contributed by atoms with Crippen LogP contribution in [0.4, 0.5) is 0 Å². The lowest BCUT2D eigenvalue weighted by Gasteiger charge is -2.22. The first-order chi connectivity index (χ1) is 6.39. The average molecular weight is 201 g/mol. The Kier molecular flexibility index (Phi) is 5.20. The molecule has 0 heterocycles. The molecule has 14 heavy (non-hydrogen) atoms. The summed E-state index contributed by atoms with van der Waals surface area (Å²) in [6.07, 6.45) is 1.51. The van der Waals surface area contributed by atoms with Crippen molar-refractivity contribution in [2.45, 2.75) is 39.7 Å². The highest BCUT2D eigenvalue weighted by atomic mass is 16.6. The van der Waals surface area contributed by atoms with Crippen LogP contribution in [0.25, 0.3) is 0 Å². The summed E-state index contributed by atoms with van der Waals surface area (Å²) >= 11 is 0. The summed E-state index contributed by atoms with van der Waals surface area (Å²) in [4.78, 5) is 23.2. The minimum Gasteiger partial charge on any atom is -0.459 e. The Morgan fingerprint density at radius 3 is 2.36 bits per heavy atom. The number of ether oxygens (including phenoxy) is 1. The molecule has 0 N–H and O–H groups in total. The zero-order chi connectivity index (χ0) is 11.2. The highest BCUT2D eigenvalue weighted by Crippen LogP contribution is 2.07. The first-order valence-electron chi connectivity index (χ1n) is 4.80. The van der Waals surface area contributed by atoms with Gasteiger partial charge < -0.3 is 9.64 Å². The van der Waals surface area contributed by atoms with Gasteiger partial charge >= 0.3 is 5.97 Å². The molecule has 0 saturated carbocycles. The van der Waals surface area contributed by atoms with Gasteiger partial charge in [-0.2, -0.15) is 0 Å². The van der Waals surface area contributed by atoms with Crippen molar-refractivity contribution in [3.8, 4) is 0 Å². The van der Waals surface area contributed by atoms with E-state index in [-0.39, 0.29) is 12.5 Å². The molecule has 4 nitrogen and oxygen atoms in total. The van der Waals surface area contributed by atoms with Crippen LogP contribution in [0.3, 0.4) is 0 Å². The smallest absolute Gasteiger partial charge is 0.326 e. The van der Waals surface area contributed by atoms with Gasteiger partial charge in [0.1, 0.15) is 12.1 Å². The molecule has 0 spiro atoms. The Morgan fingerprint density at radius 2 is 2.00 bits per heavy atom. The average Bonchev–Trinajstić information content (AvgIpc) is 2.00. The Morgan fingerprint density at radius 1 is 1.43 bits per heavy atom. The molecule has 0 aromatic carbocycles. The second-order valence-electron chi connectivity index (χ2n) is 4.16. The van der Waals surface area contributed by atoms with Gasteiger partial charge in [-0.05, 0) is 27.2 Å². The summed E-state index contributed by atoms with van der Waals surface area (Å²) < 4.78 is 5.08. The zero-order valence-corrected chi connectivity index (χ0v) is 9.37. The van der Waals surface area contributed by atoms with E-state index in [1.807, 2.05) is 6.92 Å². The third kappa shape index (κ3) is 6.46. The van der Waals surface area contributed by atoms with Gasteiger partial charge in [0.25, 0.3) is 0 Å². The summed E-state index contributed by atoms with van der Waals surface area (Å²) in [5.41, 5.74) is -0.488. The largest absolute Gasteiger partial charge is 0.459 e. The Balaban J connectivity index is 3.97. The molecule has 0 saturated heterocycles. The normalized spacial score (nSPS) is 10.9. The number of hydrogen-bond acceptors (Lipinski definition) is 3. The third-order valence-electron chi connectivity index (χ3n) is 1.41. The topological polar surface area (TPSA) is 46.6 Å². The second-order valence-corrected chi connectivity index (χ2v) is 4.16. The summed E-state index contributed by atoms with van der Waals surface area (Å²) in [7, 11) is 0.